The summed E-state index contributed by atoms with van der Waals surface area (Å²) in [6.07, 6.45) is 2.71. The summed E-state index contributed by atoms with van der Waals surface area (Å²) < 4.78 is 32.8. The molecule has 0 unspecified atom stereocenters. The van der Waals surface area contributed by atoms with Crippen molar-refractivity contribution in [3.05, 3.63) is 78.3 Å². The highest BCUT2D eigenvalue weighted by molar-refractivity contribution is 7.89. The topological polar surface area (TPSA) is 109 Å². The summed E-state index contributed by atoms with van der Waals surface area (Å²) >= 11 is 0. The summed E-state index contributed by atoms with van der Waals surface area (Å²) in [6, 6.07) is 16.1. The van der Waals surface area contributed by atoms with Crippen LogP contribution >= 0.6 is 0 Å². The number of rotatable bonds is 7. The Kier molecular flexibility index (Phi) is 5.88. The van der Waals surface area contributed by atoms with E-state index in [1.165, 1.54) is 30.5 Å². The Labute approximate surface area is 179 Å². The smallest absolute Gasteiger partial charge is 0.255 e. The van der Waals surface area contributed by atoms with Gasteiger partial charge in [-0.05, 0) is 48.9 Å². The van der Waals surface area contributed by atoms with E-state index in [1.54, 1.807) is 41.3 Å². The van der Waals surface area contributed by atoms with E-state index in [0.717, 1.165) is 6.42 Å². The Balaban J connectivity index is 1.52. The van der Waals surface area contributed by atoms with E-state index in [4.69, 9.17) is 4.42 Å². The van der Waals surface area contributed by atoms with Gasteiger partial charge in [-0.3, -0.25) is 9.59 Å². The minimum atomic E-state index is -3.84. The molecule has 0 bridgehead atoms. The average Bonchev–Trinajstić information content (AvgIpc) is 3.44. The van der Waals surface area contributed by atoms with Gasteiger partial charge < -0.3 is 14.6 Å². The molecule has 2 aromatic carbocycles. The quantitative estimate of drug-likeness (QED) is 0.588. The number of hydrogen-bond donors (Lipinski definition) is 2. The van der Waals surface area contributed by atoms with Crippen molar-refractivity contribution in [2.24, 2.45) is 0 Å². The highest BCUT2D eigenvalue weighted by atomic mass is 32.2. The van der Waals surface area contributed by atoms with E-state index in [9.17, 15) is 18.0 Å². The summed E-state index contributed by atoms with van der Waals surface area (Å²) in [5.74, 6) is 0.0186. The number of anilines is 2. The molecule has 2 heterocycles. The lowest BCUT2D eigenvalue weighted by molar-refractivity contribution is -0.117. The number of nitrogens with one attached hydrogen (secondary N) is 2. The maximum Gasteiger partial charge on any atom is 0.255 e. The summed E-state index contributed by atoms with van der Waals surface area (Å²) in [5, 5.41) is 2.79. The second-order valence-electron chi connectivity index (χ2n) is 7.05. The number of nitrogens with zero attached hydrogens (tertiary/aromatic N) is 1. The summed E-state index contributed by atoms with van der Waals surface area (Å²) in [5.41, 5.74) is 1.30. The first kappa shape index (κ1) is 20.8. The number of amides is 2. The Morgan fingerprint density at radius 2 is 1.90 bits per heavy atom. The highest BCUT2D eigenvalue weighted by Gasteiger charge is 2.24. The largest absolute Gasteiger partial charge is 0.468 e. The molecule has 0 saturated carbocycles. The second kappa shape index (κ2) is 8.75. The van der Waals surface area contributed by atoms with Gasteiger partial charge in [-0.25, -0.2) is 13.1 Å². The maximum absolute atomic E-state index is 12.8. The predicted octanol–water partition coefficient (Wildman–Crippen LogP) is 3.14. The van der Waals surface area contributed by atoms with Crippen LogP contribution in [0.5, 0.6) is 0 Å². The van der Waals surface area contributed by atoms with E-state index >= 15 is 0 Å². The molecule has 1 aliphatic rings. The molecule has 0 atom stereocenters. The zero-order valence-electron chi connectivity index (χ0n) is 16.6. The van der Waals surface area contributed by atoms with Crippen LogP contribution in [0.4, 0.5) is 11.4 Å². The van der Waals surface area contributed by atoms with Crippen molar-refractivity contribution < 1.29 is 22.4 Å². The first-order valence-electron chi connectivity index (χ1n) is 9.77. The average molecular weight is 439 g/mol. The number of para-hydroxylation sites is 2. The van der Waals surface area contributed by atoms with Gasteiger partial charge in [0.15, 0.2) is 0 Å². The Morgan fingerprint density at radius 1 is 1.06 bits per heavy atom. The molecule has 31 heavy (non-hydrogen) atoms. The van der Waals surface area contributed by atoms with Gasteiger partial charge in [-0.2, -0.15) is 0 Å². The Bertz CT molecular complexity index is 1210. The van der Waals surface area contributed by atoms with Crippen LogP contribution in [0.2, 0.25) is 0 Å². The van der Waals surface area contributed by atoms with E-state index < -0.39 is 15.9 Å². The van der Waals surface area contributed by atoms with E-state index in [1.807, 2.05) is 0 Å². The molecule has 0 radical (unpaired) electrons. The van der Waals surface area contributed by atoms with Crippen LogP contribution in [0, 0.1) is 0 Å². The SMILES string of the molecule is O=C(Nc1ccccc1N1CCCC1=O)c1cccc(S(=O)(=O)NCc2ccco2)c1. The molecule has 0 aliphatic carbocycles. The van der Waals surface area contributed by atoms with Gasteiger partial charge in [0.05, 0.1) is 29.1 Å². The summed E-state index contributed by atoms with van der Waals surface area (Å²) in [6.45, 7) is 0.601. The van der Waals surface area contributed by atoms with Crippen molar-refractivity contribution in [1.82, 2.24) is 4.72 Å². The lowest BCUT2D eigenvalue weighted by Gasteiger charge is -2.20. The molecular weight excluding hydrogens is 418 g/mol. The van der Waals surface area contributed by atoms with Crippen LogP contribution in [-0.4, -0.2) is 26.8 Å². The van der Waals surface area contributed by atoms with Crippen LogP contribution < -0.4 is 14.9 Å². The lowest BCUT2D eigenvalue weighted by atomic mass is 10.2. The number of carbonyl (C=O) groups excluding carboxylic acids is 2. The van der Waals surface area contributed by atoms with Crippen molar-refractivity contribution in [2.75, 3.05) is 16.8 Å². The number of sulfonamides is 1. The minimum absolute atomic E-state index is 0.00297. The lowest BCUT2D eigenvalue weighted by Crippen LogP contribution is -2.26. The number of furan rings is 1. The van der Waals surface area contributed by atoms with Crippen LogP contribution in [0.1, 0.15) is 29.0 Å². The van der Waals surface area contributed by atoms with Gasteiger partial charge in [0.2, 0.25) is 15.9 Å². The van der Waals surface area contributed by atoms with Crippen molar-refractivity contribution in [3.8, 4) is 0 Å². The summed E-state index contributed by atoms with van der Waals surface area (Å²) in [7, 11) is -3.84. The molecule has 9 heteroatoms. The molecule has 8 nitrogen and oxygen atoms in total. The molecule has 2 N–H and O–H groups in total. The monoisotopic (exact) mass is 439 g/mol. The van der Waals surface area contributed by atoms with Gasteiger partial charge in [0, 0.05) is 18.5 Å². The highest BCUT2D eigenvalue weighted by Crippen LogP contribution is 2.29. The molecule has 1 fully saturated rings. The zero-order chi connectivity index (χ0) is 21.8. The van der Waals surface area contributed by atoms with Crippen molar-refractivity contribution in [2.45, 2.75) is 24.3 Å². The van der Waals surface area contributed by atoms with Gasteiger partial charge >= 0.3 is 0 Å². The molecule has 2 amide bonds. The normalized spacial score (nSPS) is 14.1. The third-order valence-corrected chi connectivity index (χ3v) is 6.34. The van der Waals surface area contributed by atoms with Gasteiger partial charge in [-0.1, -0.05) is 18.2 Å². The second-order valence-corrected chi connectivity index (χ2v) is 8.82. The molecule has 4 rings (SSSR count). The van der Waals surface area contributed by atoms with Crippen LogP contribution in [0.15, 0.2) is 76.2 Å². The molecule has 0 spiro atoms. The standard InChI is InChI=1S/C22H21N3O5S/c26-21-11-4-12-25(21)20-10-2-1-9-19(20)24-22(27)16-6-3-8-18(14-16)31(28,29)23-15-17-7-5-13-30-17/h1-3,5-10,13-14,23H,4,11-12,15H2,(H,24,27). The molecule has 160 valence electrons. The van der Waals surface area contributed by atoms with E-state index in [2.05, 4.69) is 10.0 Å². The zero-order valence-corrected chi connectivity index (χ0v) is 17.4. The predicted molar refractivity (Wildman–Crippen MR) is 115 cm³/mol. The van der Waals surface area contributed by atoms with Crippen LogP contribution in [-0.2, 0) is 21.4 Å². The fraction of sp³-hybridized carbons (Fsp3) is 0.182. The first-order valence-corrected chi connectivity index (χ1v) is 11.3. The Morgan fingerprint density at radius 3 is 2.65 bits per heavy atom. The van der Waals surface area contributed by atoms with Crippen molar-refractivity contribution >= 4 is 33.2 Å². The molecule has 3 aromatic rings. The fourth-order valence-electron chi connectivity index (χ4n) is 3.38. The van der Waals surface area contributed by atoms with E-state index in [-0.39, 0.29) is 22.9 Å². The molecule has 1 aliphatic heterocycles. The van der Waals surface area contributed by atoms with Gasteiger partial charge in [0.1, 0.15) is 5.76 Å². The third-order valence-electron chi connectivity index (χ3n) is 4.94. The molecular formula is C22H21N3O5S. The summed E-state index contributed by atoms with van der Waals surface area (Å²) in [4.78, 5) is 26.6. The third kappa shape index (κ3) is 4.68. The number of carbonyl (C=O) groups is 2. The maximum atomic E-state index is 12.8. The van der Waals surface area contributed by atoms with E-state index in [0.29, 0.717) is 30.1 Å². The first-order chi connectivity index (χ1) is 14.9. The molecule has 1 aromatic heterocycles. The van der Waals surface area contributed by atoms with Gasteiger partial charge in [0.25, 0.3) is 5.91 Å². The minimum Gasteiger partial charge on any atom is -0.468 e. The van der Waals surface area contributed by atoms with Crippen molar-refractivity contribution in [3.63, 3.8) is 0 Å². The number of benzene rings is 2. The van der Waals surface area contributed by atoms with Crippen LogP contribution in [0.3, 0.4) is 0 Å². The fourth-order valence-corrected chi connectivity index (χ4v) is 4.42. The molecule has 1 saturated heterocycles. The van der Waals surface area contributed by atoms with Crippen molar-refractivity contribution in [1.29, 1.82) is 0 Å². The Hall–Kier alpha value is -3.43. The van der Waals surface area contributed by atoms with Gasteiger partial charge in [-0.15, -0.1) is 0 Å². The van der Waals surface area contributed by atoms with Crippen LogP contribution in [0.25, 0.3) is 0 Å². The number of hydrogen-bond acceptors (Lipinski definition) is 5.